The largest absolute Gasteiger partial charge is 0.444 e. The van der Waals surface area contributed by atoms with Gasteiger partial charge in [-0.05, 0) is 98.6 Å². The van der Waals surface area contributed by atoms with Crippen molar-refractivity contribution in [3.8, 4) is 0 Å². The van der Waals surface area contributed by atoms with Gasteiger partial charge in [-0.25, -0.2) is 19.4 Å². The van der Waals surface area contributed by atoms with Crippen LogP contribution in [0.3, 0.4) is 0 Å². The van der Waals surface area contributed by atoms with Gasteiger partial charge in [0, 0.05) is 67.8 Å². The summed E-state index contributed by atoms with van der Waals surface area (Å²) in [4.78, 5) is 35.6. The molecule has 0 saturated heterocycles. The second-order valence-corrected chi connectivity index (χ2v) is 19.0. The van der Waals surface area contributed by atoms with Gasteiger partial charge in [-0.3, -0.25) is 0 Å². The average Bonchev–Trinajstić information content (AvgIpc) is 3.20. The van der Waals surface area contributed by atoms with Crippen LogP contribution in [0.25, 0.3) is 0 Å². The zero-order chi connectivity index (χ0) is 45.5. The number of amides is 2. The highest BCUT2D eigenvalue weighted by Crippen LogP contribution is 2.38. The number of nitrogens with one attached hydrogen (secondary N) is 1. The Morgan fingerprint density at radius 3 is 1.60 bits per heavy atom. The molecule has 5 N–H and O–H groups in total. The van der Waals surface area contributed by atoms with Crippen molar-refractivity contribution in [3.63, 3.8) is 0 Å². The number of para-hydroxylation sites is 2. The van der Waals surface area contributed by atoms with Gasteiger partial charge in [0.2, 0.25) is 0 Å². The van der Waals surface area contributed by atoms with E-state index in [0.29, 0.717) is 71.4 Å². The first kappa shape index (κ1) is 51.0. The second-order valence-electron chi connectivity index (χ2n) is 19.0. The van der Waals surface area contributed by atoms with Crippen molar-refractivity contribution in [1.82, 2.24) is 20.0 Å². The van der Waals surface area contributed by atoms with Crippen molar-refractivity contribution in [2.75, 3.05) is 49.1 Å². The fraction of sp³-hybridized carbons (Fsp3) is 0.708. The van der Waals surface area contributed by atoms with Crippen LogP contribution in [0, 0.1) is 0 Å². The van der Waals surface area contributed by atoms with Gasteiger partial charge in [0.05, 0.1) is 0 Å². The van der Waals surface area contributed by atoms with E-state index in [2.05, 4.69) is 19.2 Å². The molecule has 2 aliphatic rings. The monoisotopic (exact) mass is 869 g/mol. The topological polar surface area (TPSA) is 162 Å². The molecule has 5 unspecified atom stereocenters. The van der Waals surface area contributed by atoms with Crippen LogP contribution < -0.4 is 15.1 Å². The maximum atomic E-state index is 13.6. The standard InChI is InChI=1S/C48H80N6O8/c1-9-11-13-20-32-51-39-27-17-15-25-37(39)41(55)53(44(51)58)34-23-31-50(46(60)62-48(6,7)8)30-22-19-24-36(49-43(57)61-47(3,4)5)29-35-54-42(56)38-26-16-18-28-40(38)52(45(54)59)33-21-14-12-10-2/h15-18,25-28,36,41-42,44-45,55-56,58-59H,9-14,19-24,29-35H2,1-8H3,(H,49,57). The number of benzene rings is 2. The quantitative estimate of drug-likeness (QED) is 0.0680. The van der Waals surface area contributed by atoms with Gasteiger partial charge in [-0.1, -0.05) is 88.8 Å². The summed E-state index contributed by atoms with van der Waals surface area (Å²) in [5, 5.41) is 49.2. The number of fused-ring (bicyclic) bond motifs is 2. The van der Waals surface area contributed by atoms with E-state index in [9.17, 15) is 30.0 Å². The maximum absolute atomic E-state index is 13.6. The van der Waals surface area contributed by atoms with Crippen molar-refractivity contribution in [2.24, 2.45) is 0 Å². The lowest BCUT2D eigenvalue weighted by Crippen LogP contribution is -2.55. The van der Waals surface area contributed by atoms with E-state index in [0.717, 1.165) is 73.9 Å². The van der Waals surface area contributed by atoms with Gasteiger partial charge in [-0.2, -0.15) is 0 Å². The highest BCUT2D eigenvalue weighted by molar-refractivity contribution is 5.68. The van der Waals surface area contributed by atoms with Gasteiger partial charge < -0.3 is 49.9 Å². The fourth-order valence-corrected chi connectivity index (χ4v) is 8.34. The summed E-state index contributed by atoms with van der Waals surface area (Å²) in [6, 6.07) is 15.0. The Hall–Kier alpha value is -3.66. The molecule has 5 atom stereocenters. The number of aliphatic hydroxyl groups is 4. The molecule has 2 amide bonds. The van der Waals surface area contributed by atoms with Crippen molar-refractivity contribution < 1.29 is 39.5 Å². The summed E-state index contributed by atoms with van der Waals surface area (Å²) < 4.78 is 11.5. The Bertz CT molecular complexity index is 1650. The van der Waals surface area contributed by atoms with Gasteiger partial charge in [0.15, 0.2) is 12.7 Å². The summed E-state index contributed by atoms with van der Waals surface area (Å²) in [6.45, 7) is 18.0. The van der Waals surface area contributed by atoms with Gasteiger partial charge in [0.1, 0.15) is 23.7 Å². The third-order valence-corrected chi connectivity index (χ3v) is 11.5. The number of alkyl carbamates (subject to hydrolysis) is 1. The summed E-state index contributed by atoms with van der Waals surface area (Å²) in [6.07, 6.45) is 6.16. The molecule has 2 heterocycles. The first-order valence-corrected chi connectivity index (χ1v) is 23.4. The average molecular weight is 869 g/mol. The molecule has 0 aliphatic carbocycles. The third-order valence-electron chi connectivity index (χ3n) is 11.5. The van der Waals surface area contributed by atoms with Gasteiger partial charge >= 0.3 is 12.2 Å². The molecule has 0 fully saturated rings. The third kappa shape index (κ3) is 15.3. The number of carbonyl (C=O) groups excluding carboxylic acids is 2. The molecule has 350 valence electrons. The molecule has 0 spiro atoms. The van der Waals surface area contributed by atoms with E-state index < -0.39 is 48.5 Å². The van der Waals surface area contributed by atoms with Crippen LogP contribution in [0.5, 0.6) is 0 Å². The number of hydrogen-bond acceptors (Lipinski definition) is 12. The number of carbonyl (C=O) groups is 2. The van der Waals surface area contributed by atoms with Crippen LogP contribution in [0.1, 0.15) is 162 Å². The predicted molar refractivity (Wildman–Crippen MR) is 245 cm³/mol. The van der Waals surface area contributed by atoms with E-state index in [4.69, 9.17) is 9.47 Å². The number of ether oxygens (including phenoxy) is 2. The number of hydrogen-bond donors (Lipinski definition) is 5. The minimum atomic E-state index is -1.04. The molecule has 14 nitrogen and oxygen atoms in total. The number of aliphatic hydroxyl groups excluding tert-OH is 4. The second kappa shape index (κ2) is 24.4. The molecular formula is C48H80N6O8. The first-order valence-electron chi connectivity index (χ1n) is 23.4. The molecule has 2 aliphatic heterocycles. The summed E-state index contributed by atoms with van der Waals surface area (Å²) in [5.41, 5.74) is 1.76. The number of unbranched alkanes of at least 4 members (excludes halogenated alkanes) is 7. The molecule has 0 bridgehead atoms. The lowest BCUT2D eigenvalue weighted by atomic mass is 10.0. The van der Waals surface area contributed by atoms with Crippen LogP contribution >= 0.6 is 0 Å². The molecule has 4 rings (SSSR count). The normalized spacial score (nSPS) is 20.1. The SMILES string of the molecule is CCCCCCN1c2ccccc2C(O)N(CCCN(CCCCC(CCN2C(O)c3ccccc3N(CCCCCC)C2O)NC(=O)OC(C)(C)C)C(=O)OC(C)(C)C)C1O. The molecule has 0 saturated carbocycles. The number of nitrogens with zero attached hydrogens (tertiary/aromatic N) is 5. The van der Waals surface area contributed by atoms with Crippen LogP contribution in [-0.2, 0) is 9.47 Å². The van der Waals surface area contributed by atoms with Gasteiger partial charge in [-0.15, -0.1) is 0 Å². The Morgan fingerprint density at radius 2 is 1.10 bits per heavy atom. The Morgan fingerprint density at radius 1 is 0.613 bits per heavy atom. The van der Waals surface area contributed by atoms with E-state index in [1.165, 1.54) is 0 Å². The Labute approximate surface area is 372 Å². The van der Waals surface area contributed by atoms with E-state index in [1.54, 1.807) is 14.7 Å². The molecule has 62 heavy (non-hydrogen) atoms. The molecule has 14 heteroatoms. The number of rotatable bonds is 23. The molecule has 2 aromatic carbocycles. The molecule has 2 aromatic rings. The minimum absolute atomic E-state index is 0.307. The van der Waals surface area contributed by atoms with Crippen LogP contribution in [-0.4, -0.2) is 117 Å². The van der Waals surface area contributed by atoms with Crippen molar-refractivity contribution in [2.45, 2.75) is 181 Å². The first-order chi connectivity index (χ1) is 29.5. The van der Waals surface area contributed by atoms with Gasteiger partial charge in [0.25, 0.3) is 0 Å². The fourth-order valence-electron chi connectivity index (χ4n) is 8.34. The maximum Gasteiger partial charge on any atom is 0.410 e. The Kier molecular flexibility index (Phi) is 20.1. The Balaban J connectivity index is 1.41. The summed E-state index contributed by atoms with van der Waals surface area (Å²) in [5.74, 6) is 0. The zero-order valence-corrected chi connectivity index (χ0v) is 39.1. The predicted octanol–water partition coefficient (Wildman–Crippen LogP) is 8.41. The van der Waals surface area contributed by atoms with Crippen LogP contribution in [0.4, 0.5) is 21.0 Å². The lowest BCUT2D eigenvalue weighted by Gasteiger charge is -2.46. The molecule has 0 aromatic heterocycles. The van der Waals surface area contributed by atoms with Crippen molar-refractivity contribution >= 4 is 23.6 Å². The summed E-state index contributed by atoms with van der Waals surface area (Å²) >= 11 is 0. The van der Waals surface area contributed by atoms with E-state index in [1.807, 2.05) is 99.9 Å². The number of anilines is 2. The van der Waals surface area contributed by atoms with Crippen molar-refractivity contribution in [1.29, 1.82) is 0 Å². The van der Waals surface area contributed by atoms with Crippen LogP contribution in [0.15, 0.2) is 48.5 Å². The highest BCUT2D eigenvalue weighted by Gasteiger charge is 2.38. The molecule has 0 radical (unpaired) electrons. The zero-order valence-electron chi connectivity index (χ0n) is 39.1. The summed E-state index contributed by atoms with van der Waals surface area (Å²) in [7, 11) is 0. The van der Waals surface area contributed by atoms with E-state index in [-0.39, 0.29) is 6.04 Å². The molecular weight excluding hydrogens is 789 g/mol. The smallest absolute Gasteiger partial charge is 0.410 e. The minimum Gasteiger partial charge on any atom is -0.444 e. The van der Waals surface area contributed by atoms with E-state index >= 15 is 0 Å². The lowest BCUT2D eigenvalue weighted by molar-refractivity contribution is -0.114. The van der Waals surface area contributed by atoms with Crippen molar-refractivity contribution in [3.05, 3.63) is 59.7 Å². The van der Waals surface area contributed by atoms with Crippen LogP contribution in [0.2, 0.25) is 0 Å². The highest BCUT2D eigenvalue weighted by atomic mass is 16.6.